The van der Waals surface area contributed by atoms with Gasteiger partial charge in [0.1, 0.15) is 6.33 Å². The van der Waals surface area contributed by atoms with E-state index >= 15 is 0 Å². The number of fused-ring (bicyclic) bond motifs is 1. The number of hydrogen-bond acceptors (Lipinski definition) is 4. The van der Waals surface area contributed by atoms with E-state index in [9.17, 15) is 4.79 Å². The van der Waals surface area contributed by atoms with Crippen molar-refractivity contribution in [2.75, 3.05) is 7.11 Å². The van der Waals surface area contributed by atoms with Gasteiger partial charge in [0.25, 0.3) is 0 Å². The van der Waals surface area contributed by atoms with Crippen LogP contribution in [0.25, 0.3) is 5.65 Å². The zero-order valence-corrected chi connectivity index (χ0v) is 9.96. The highest BCUT2D eigenvalue weighted by atomic mass is 16.5. The van der Waals surface area contributed by atoms with Gasteiger partial charge in [-0.2, -0.15) is 0 Å². The summed E-state index contributed by atoms with van der Waals surface area (Å²) in [6.07, 6.45) is 3.72. The first-order chi connectivity index (χ1) is 8.70. The van der Waals surface area contributed by atoms with Gasteiger partial charge in [-0.15, -0.1) is 0 Å². The fourth-order valence-corrected chi connectivity index (χ4v) is 2.05. The number of rotatable bonds is 4. The molecule has 0 spiro atoms. The van der Waals surface area contributed by atoms with Crippen molar-refractivity contribution in [3.8, 4) is 0 Å². The molecule has 94 valence electrons. The molecule has 1 N–H and O–H groups in total. The third kappa shape index (κ3) is 1.74. The molecular weight excluding hydrogens is 234 g/mol. The van der Waals surface area contributed by atoms with E-state index in [-0.39, 0.29) is 5.69 Å². The lowest BCUT2D eigenvalue weighted by molar-refractivity contribution is 0.0693. The molecule has 2 aromatic heterocycles. The molecule has 0 radical (unpaired) electrons. The molecule has 3 rings (SSSR count). The van der Waals surface area contributed by atoms with Gasteiger partial charge in [0.2, 0.25) is 0 Å². The van der Waals surface area contributed by atoms with Gasteiger partial charge in [-0.25, -0.2) is 14.8 Å². The Bertz CT molecular complexity index is 616. The summed E-state index contributed by atoms with van der Waals surface area (Å²) in [5.41, 5.74) is 2.22. The van der Waals surface area contributed by atoms with Crippen LogP contribution < -0.4 is 0 Å². The summed E-state index contributed by atoms with van der Waals surface area (Å²) in [5.74, 6) is -0.594. The number of imidazole rings is 1. The molecule has 1 saturated carbocycles. The van der Waals surface area contributed by atoms with Crippen LogP contribution in [-0.2, 0) is 11.3 Å². The summed E-state index contributed by atoms with van der Waals surface area (Å²) < 4.78 is 6.82. The van der Waals surface area contributed by atoms with Crippen LogP contribution in [0.1, 0.15) is 40.6 Å². The lowest BCUT2D eigenvalue weighted by atomic mass is 10.2. The molecule has 0 saturated heterocycles. The molecule has 0 aromatic carbocycles. The second-order valence-electron chi connectivity index (χ2n) is 4.47. The summed E-state index contributed by atoms with van der Waals surface area (Å²) in [6, 6.07) is 1.97. The molecule has 18 heavy (non-hydrogen) atoms. The summed E-state index contributed by atoms with van der Waals surface area (Å²) in [4.78, 5) is 19.4. The molecule has 0 aliphatic heterocycles. The maximum atomic E-state index is 11.1. The van der Waals surface area contributed by atoms with E-state index in [2.05, 4.69) is 9.97 Å². The molecule has 1 aliphatic carbocycles. The highest BCUT2D eigenvalue weighted by Crippen LogP contribution is 2.39. The summed E-state index contributed by atoms with van der Waals surface area (Å²) in [5, 5.41) is 9.09. The Morgan fingerprint density at radius 3 is 3.00 bits per heavy atom. The standard InChI is InChI=1S/C12H13N3O3/c1-18-5-8-4-9(7-2-3-7)14-11-10(12(16)17)13-6-15(8)11/h4,6-7H,2-3,5H2,1H3,(H,16,17). The average Bonchev–Trinajstić information content (AvgIpc) is 3.09. The van der Waals surface area contributed by atoms with Crippen molar-refractivity contribution in [3.63, 3.8) is 0 Å². The second kappa shape index (κ2) is 4.06. The zero-order valence-electron chi connectivity index (χ0n) is 9.96. The van der Waals surface area contributed by atoms with E-state index < -0.39 is 5.97 Å². The van der Waals surface area contributed by atoms with Crippen molar-refractivity contribution in [2.45, 2.75) is 25.4 Å². The van der Waals surface area contributed by atoms with Crippen LogP contribution in [0.2, 0.25) is 0 Å². The summed E-state index contributed by atoms with van der Waals surface area (Å²) >= 11 is 0. The van der Waals surface area contributed by atoms with E-state index in [0.29, 0.717) is 18.2 Å². The van der Waals surface area contributed by atoms with Crippen molar-refractivity contribution in [1.82, 2.24) is 14.4 Å². The topological polar surface area (TPSA) is 76.7 Å². The Morgan fingerprint density at radius 1 is 1.61 bits per heavy atom. The first-order valence-corrected chi connectivity index (χ1v) is 5.80. The Balaban J connectivity index is 2.21. The van der Waals surface area contributed by atoms with E-state index in [0.717, 1.165) is 24.2 Å². The molecule has 1 fully saturated rings. The van der Waals surface area contributed by atoms with Gasteiger partial charge in [0.05, 0.1) is 12.3 Å². The van der Waals surface area contributed by atoms with Crippen LogP contribution in [0.5, 0.6) is 0 Å². The summed E-state index contributed by atoms with van der Waals surface area (Å²) in [6.45, 7) is 0.411. The van der Waals surface area contributed by atoms with Gasteiger partial charge >= 0.3 is 5.97 Å². The van der Waals surface area contributed by atoms with Crippen molar-refractivity contribution < 1.29 is 14.6 Å². The van der Waals surface area contributed by atoms with Crippen LogP contribution >= 0.6 is 0 Å². The van der Waals surface area contributed by atoms with Gasteiger partial charge in [0.15, 0.2) is 11.3 Å². The number of ether oxygens (including phenoxy) is 1. The first kappa shape index (κ1) is 11.2. The van der Waals surface area contributed by atoms with E-state index in [1.54, 1.807) is 11.5 Å². The Labute approximate surface area is 103 Å². The molecule has 2 aromatic rings. The van der Waals surface area contributed by atoms with E-state index in [1.807, 2.05) is 6.07 Å². The smallest absolute Gasteiger partial charge is 0.358 e. The molecule has 0 amide bonds. The maximum Gasteiger partial charge on any atom is 0.358 e. The number of methoxy groups -OCH3 is 1. The number of aromatic carboxylic acids is 1. The quantitative estimate of drug-likeness (QED) is 0.884. The molecule has 6 nitrogen and oxygen atoms in total. The first-order valence-electron chi connectivity index (χ1n) is 5.80. The minimum absolute atomic E-state index is 0.00477. The fraction of sp³-hybridized carbons (Fsp3) is 0.417. The zero-order chi connectivity index (χ0) is 12.7. The largest absolute Gasteiger partial charge is 0.476 e. The Kier molecular flexibility index (Phi) is 2.52. The van der Waals surface area contributed by atoms with Crippen LogP contribution in [-0.4, -0.2) is 32.6 Å². The molecular formula is C12H13N3O3. The normalized spacial score (nSPS) is 15.2. The molecule has 0 atom stereocenters. The molecule has 1 aliphatic rings. The van der Waals surface area contributed by atoms with Crippen molar-refractivity contribution in [3.05, 3.63) is 29.5 Å². The maximum absolute atomic E-state index is 11.1. The van der Waals surface area contributed by atoms with Crippen molar-refractivity contribution in [2.24, 2.45) is 0 Å². The lowest BCUT2D eigenvalue weighted by Gasteiger charge is -2.07. The minimum Gasteiger partial charge on any atom is -0.476 e. The van der Waals surface area contributed by atoms with Gasteiger partial charge in [0, 0.05) is 18.7 Å². The second-order valence-corrected chi connectivity index (χ2v) is 4.47. The summed E-state index contributed by atoms with van der Waals surface area (Å²) in [7, 11) is 1.61. The average molecular weight is 247 g/mol. The van der Waals surface area contributed by atoms with E-state index in [4.69, 9.17) is 9.84 Å². The fourth-order valence-electron chi connectivity index (χ4n) is 2.05. The number of hydrogen-bond donors (Lipinski definition) is 1. The van der Waals surface area contributed by atoms with Crippen LogP contribution in [0, 0.1) is 0 Å². The van der Waals surface area contributed by atoms with Crippen LogP contribution in [0.15, 0.2) is 12.4 Å². The van der Waals surface area contributed by atoms with Gasteiger partial charge < -0.3 is 9.84 Å². The van der Waals surface area contributed by atoms with Crippen molar-refractivity contribution >= 4 is 11.6 Å². The van der Waals surface area contributed by atoms with Gasteiger partial charge in [-0.05, 0) is 18.9 Å². The number of nitrogens with zero attached hydrogens (tertiary/aromatic N) is 3. The highest BCUT2D eigenvalue weighted by molar-refractivity contribution is 5.92. The lowest BCUT2D eigenvalue weighted by Crippen LogP contribution is -2.05. The minimum atomic E-state index is -1.05. The van der Waals surface area contributed by atoms with Gasteiger partial charge in [-0.1, -0.05) is 0 Å². The number of aromatic nitrogens is 3. The third-order valence-electron chi connectivity index (χ3n) is 3.09. The SMILES string of the molecule is COCc1cc(C2CC2)nc2c(C(=O)O)ncn12. The number of carboxylic acids is 1. The van der Waals surface area contributed by atoms with Crippen LogP contribution in [0.3, 0.4) is 0 Å². The Hall–Kier alpha value is -1.95. The Morgan fingerprint density at radius 2 is 2.39 bits per heavy atom. The molecule has 6 heteroatoms. The van der Waals surface area contributed by atoms with Gasteiger partial charge in [-0.3, -0.25) is 4.40 Å². The molecule has 0 bridgehead atoms. The van der Waals surface area contributed by atoms with E-state index in [1.165, 1.54) is 6.33 Å². The number of carboxylic acid groups (broad SMARTS) is 1. The van der Waals surface area contributed by atoms with Crippen molar-refractivity contribution in [1.29, 1.82) is 0 Å². The third-order valence-corrected chi connectivity index (χ3v) is 3.09. The molecule has 2 heterocycles. The number of carbonyl (C=O) groups is 1. The predicted molar refractivity (Wildman–Crippen MR) is 62.6 cm³/mol. The highest BCUT2D eigenvalue weighted by Gasteiger charge is 2.27. The van der Waals surface area contributed by atoms with Crippen LogP contribution in [0.4, 0.5) is 0 Å². The predicted octanol–water partition coefficient (Wildman–Crippen LogP) is 1.45. The monoisotopic (exact) mass is 247 g/mol. The molecule has 0 unspecified atom stereocenters.